The Labute approximate surface area is 108 Å². The van der Waals surface area contributed by atoms with Crippen LogP contribution in [0.5, 0.6) is 0 Å². The maximum atomic E-state index is 12.2. The molecule has 1 aliphatic rings. The van der Waals surface area contributed by atoms with Crippen molar-refractivity contribution in [3.8, 4) is 0 Å². The lowest BCUT2D eigenvalue weighted by Gasteiger charge is -2.19. The summed E-state index contributed by atoms with van der Waals surface area (Å²) in [6.45, 7) is 1.91. The van der Waals surface area contributed by atoms with E-state index in [0.717, 1.165) is 24.8 Å². The summed E-state index contributed by atoms with van der Waals surface area (Å²) in [6, 6.07) is 6.72. The molecule has 100 valence electrons. The first kappa shape index (κ1) is 13.5. The van der Waals surface area contributed by atoms with Gasteiger partial charge in [0.1, 0.15) is 0 Å². The van der Waals surface area contributed by atoms with Crippen molar-refractivity contribution >= 4 is 10.0 Å². The van der Waals surface area contributed by atoms with Crippen LogP contribution >= 0.6 is 0 Å². The van der Waals surface area contributed by atoms with Gasteiger partial charge in [-0.05, 0) is 43.4 Å². The van der Waals surface area contributed by atoms with Crippen LogP contribution in [0.4, 0.5) is 0 Å². The van der Waals surface area contributed by atoms with Crippen LogP contribution in [0.2, 0.25) is 0 Å². The first-order valence-electron chi connectivity index (χ1n) is 6.23. The molecule has 2 atom stereocenters. The number of nitrogens with one attached hydrogen (secondary N) is 1. The van der Waals surface area contributed by atoms with Crippen molar-refractivity contribution < 1.29 is 13.5 Å². The molecular formula is C13H19NO3S. The Hall–Kier alpha value is -0.910. The molecule has 0 radical (unpaired) electrons. The number of hydrogen-bond acceptors (Lipinski definition) is 3. The van der Waals surface area contributed by atoms with E-state index in [2.05, 4.69) is 4.72 Å². The lowest BCUT2D eigenvalue weighted by Crippen LogP contribution is -2.38. The third-order valence-corrected chi connectivity index (χ3v) is 4.99. The molecule has 0 bridgehead atoms. The van der Waals surface area contributed by atoms with Crippen LogP contribution in [0.3, 0.4) is 0 Å². The second-order valence-corrected chi connectivity index (χ2v) is 6.63. The van der Waals surface area contributed by atoms with Crippen LogP contribution in [0, 0.1) is 12.8 Å². The molecule has 1 aliphatic carbocycles. The molecule has 2 N–H and O–H groups in total. The fourth-order valence-electron chi connectivity index (χ4n) is 2.46. The van der Waals surface area contributed by atoms with Crippen molar-refractivity contribution in [3.63, 3.8) is 0 Å². The summed E-state index contributed by atoms with van der Waals surface area (Å²) in [7, 11) is -3.47. The molecule has 4 nitrogen and oxygen atoms in total. The van der Waals surface area contributed by atoms with Crippen molar-refractivity contribution in [2.45, 2.75) is 37.1 Å². The van der Waals surface area contributed by atoms with Crippen LogP contribution < -0.4 is 4.72 Å². The molecule has 1 aromatic rings. The lowest BCUT2D eigenvalue weighted by atomic mass is 10.1. The number of aliphatic hydroxyl groups is 1. The van der Waals surface area contributed by atoms with Gasteiger partial charge in [0.05, 0.1) is 4.90 Å². The molecule has 2 rings (SSSR count). The molecule has 0 spiro atoms. The Balaban J connectivity index is 2.17. The second kappa shape index (κ2) is 5.38. The molecule has 1 saturated carbocycles. The molecule has 0 heterocycles. The minimum atomic E-state index is -3.47. The van der Waals surface area contributed by atoms with E-state index in [1.54, 1.807) is 18.2 Å². The quantitative estimate of drug-likeness (QED) is 0.869. The summed E-state index contributed by atoms with van der Waals surface area (Å²) in [5.41, 5.74) is 0.919. The Morgan fingerprint density at radius 2 is 2.17 bits per heavy atom. The monoisotopic (exact) mass is 269 g/mol. The first-order valence-corrected chi connectivity index (χ1v) is 7.71. The zero-order valence-corrected chi connectivity index (χ0v) is 11.3. The van der Waals surface area contributed by atoms with Gasteiger partial charge in [-0.25, -0.2) is 13.1 Å². The summed E-state index contributed by atoms with van der Waals surface area (Å²) in [5.74, 6) is 0.0459. The van der Waals surface area contributed by atoms with Gasteiger partial charge in [-0.1, -0.05) is 18.6 Å². The van der Waals surface area contributed by atoms with Crippen LogP contribution in [-0.4, -0.2) is 26.2 Å². The minimum absolute atomic E-state index is 0.0427. The van der Waals surface area contributed by atoms with Crippen LogP contribution in [-0.2, 0) is 10.0 Å². The van der Waals surface area contributed by atoms with Gasteiger partial charge < -0.3 is 5.11 Å². The highest BCUT2D eigenvalue weighted by Gasteiger charge is 2.30. The third kappa shape index (κ3) is 2.91. The minimum Gasteiger partial charge on any atom is -0.396 e. The number of rotatable bonds is 4. The summed E-state index contributed by atoms with van der Waals surface area (Å²) >= 11 is 0. The molecule has 2 unspecified atom stereocenters. The van der Waals surface area contributed by atoms with Gasteiger partial charge in [0.25, 0.3) is 0 Å². The normalized spacial score (nSPS) is 24.3. The van der Waals surface area contributed by atoms with E-state index in [1.165, 1.54) is 0 Å². The molecule has 5 heteroatoms. The van der Waals surface area contributed by atoms with E-state index in [-0.39, 0.29) is 18.6 Å². The van der Waals surface area contributed by atoms with Gasteiger partial charge in [0.15, 0.2) is 0 Å². The van der Waals surface area contributed by atoms with E-state index in [9.17, 15) is 13.5 Å². The van der Waals surface area contributed by atoms with Gasteiger partial charge in [-0.15, -0.1) is 0 Å². The molecule has 0 aliphatic heterocycles. The highest BCUT2D eigenvalue weighted by Crippen LogP contribution is 2.26. The number of aryl methyl sites for hydroxylation is 1. The standard InChI is InChI=1S/C13H19NO3S/c1-10-4-2-6-12(8-10)18(16,17)14-13-7-3-5-11(13)9-15/h2,4,6,8,11,13-15H,3,5,7,9H2,1H3. The van der Waals surface area contributed by atoms with Crippen LogP contribution in [0.25, 0.3) is 0 Å². The van der Waals surface area contributed by atoms with Gasteiger partial charge in [-0.2, -0.15) is 0 Å². The molecule has 0 saturated heterocycles. The van der Waals surface area contributed by atoms with Crippen molar-refractivity contribution in [1.82, 2.24) is 4.72 Å². The highest BCUT2D eigenvalue weighted by molar-refractivity contribution is 7.89. The zero-order valence-electron chi connectivity index (χ0n) is 10.5. The predicted octanol–water partition coefficient (Wildman–Crippen LogP) is 1.43. The maximum absolute atomic E-state index is 12.2. The van der Waals surface area contributed by atoms with E-state index >= 15 is 0 Å². The predicted molar refractivity (Wildman–Crippen MR) is 69.7 cm³/mol. The largest absolute Gasteiger partial charge is 0.396 e. The average Bonchev–Trinajstić information content (AvgIpc) is 2.75. The summed E-state index contributed by atoms with van der Waals surface area (Å²) in [6.07, 6.45) is 2.65. The lowest BCUT2D eigenvalue weighted by molar-refractivity contribution is 0.213. The van der Waals surface area contributed by atoms with Gasteiger partial charge in [-0.3, -0.25) is 0 Å². The summed E-state index contributed by atoms with van der Waals surface area (Å²) < 4.78 is 27.1. The fourth-order valence-corrected chi connectivity index (χ4v) is 3.90. The third-order valence-electron chi connectivity index (χ3n) is 3.50. The molecule has 18 heavy (non-hydrogen) atoms. The fraction of sp³-hybridized carbons (Fsp3) is 0.538. The van der Waals surface area contributed by atoms with Crippen LogP contribution in [0.1, 0.15) is 24.8 Å². The molecule has 1 aromatic carbocycles. The molecular weight excluding hydrogens is 250 g/mol. The van der Waals surface area contributed by atoms with Crippen molar-refractivity contribution in [1.29, 1.82) is 0 Å². The average molecular weight is 269 g/mol. The topological polar surface area (TPSA) is 66.4 Å². The first-order chi connectivity index (χ1) is 8.53. The van der Waals surface area contributed by atoms with Crippen molar-refractivity contribution in [3.05, 3.63) is 29.8 Å². The number of benzene rings is 1. The Kier molecular flexibility index (Phi) is 4.04. The van der Waals surface area contributed by atoms with Gasteiger partial charge >= 0.3 is 0 Å². The highest BCUT2D eigenvalue weighted by atomic mass is 32.2. The van der Waals surface area contributed by atoms with E-state index in [0.29, 0.717) is 4.90 Å². The van der Waals surface area contributed by atoms with E-state index in [4.69, 9.17) is 0 Å². The molecule has 0 amide bonds. The van der Waals surface area contributed by atoms with Crippen LogP contribution in [0.15, 0.2) is 29.2 Å². The van der Waals surface area contributed by atoms with Crippen molar-refractivity contribution in [2.24, 2.45) is 5.92 Å². The second-order valence-electron chi connectivity index (χ2n) is 4.92. The number of hydrogen-bond donors (Lipinski definition) is 2. The molecule has 1 fully saturated rings. The van der Waals surface area contributed by atoms with Crippen molar-refractivity contribution in [2.75, 3.05) is 6.61 Å². The van der Waals surface area contributed by atoms with Gasteiger partial charge in [0, 0.05) is 12.6 Å². The molecule has 0 aromatic heterocycles. The number of sulfonamides is 1. The number of aliphatic hydroxyl groups excluding tert-OH is 1. The summed E-state index contributed by atoms with van der Waals surface area (Å²) in [5, 5.41) is 9.21. The smallest absolute Gasteiger partial charge is 0.240 e. The zero-order chi connectivity index (χ0) is 13.2. The van der Waals surface area contributed by atoms with E-state index < -0.39 is 10.0 Å². The Morgan fingerprint density at radius 1 is 1.39 bits per heavy atom. The Morgan fingerprint density at radius 3 is 2.83 bits per heavy atom. The summed E-state index contributed by atoms with van der Waals surface area (Å²) in [4.78, 5) is 0.297. The van der Waals surface area contributed by atoms with Gasteiger partial charge in [0.2, 0.25) is 10.0 Å². The Bertz CT molecular complexity index is 513. The maximum Gasteiger partial charge on any atom is 0.240 e. The SMILES string of the molecule is Cc1cccc(S(=O)(=O)NC2CCCC2CO)c1. The van der Waals surface area contributed by atoms with E-state index in [1.807, 2.05) is 13.0 Å².